The highest BCUT2D eigenvalue weighted by Crippen LogP contribution is 2.33. The molecule has 2 aliphatic rings. The minimum atomic E-state index is -0.404. The number of rotatable bonds is 2. The summed E-state index contributed by atoms with van der Waals surface area (Å²) >= 11 is 0. The van der Waals surface area contributed by atoms with E-state index in [2.05, 4.69) is 5.32 Å². The SMILES string of the molecule is CC(C)(C)OC(=O)[C@@H]1CCO[C@H]1C1CCNCC1. The van der Waals surface area contributed by atoms with Crippen LogP contribution in [0.25, 0.3) is 0 Å². The van der Waals surface area contributed by atoms with Gasteiger partial charge in [0.15, 0.2) is 0 Å². The topological polar surface area (TPSA) is 47.6 Å². The Morgan fingerprint density at radius 3 is 2.50 bits per heavy atom. The molecule has 0 aromatic rings. The summed E-state index contributed by atoms with van der Waals surface area (Å²) in [5.41, 5.74) is -0.404. The molecule has 0 saturated carbocycles. The Bertz CT molecular complexity index is 292. The average Bonchev–Trinajstić information content (AvgIpc) is 2.76. The van der Waals surface area contributed by atoms with Crippen molar-refractivity contribution in [3.05, 3.63) is 0 Å². The molecule has 18 heavy (non-hydrogen) atoms. The van der Waals surface area contributed by atoms with E-state index < -0.39 is 5.60 Å². The first-order chi connectivity index (χ1) is 8.47. The first-order valence-corrected chi connectivity index (χ1v) is 7.02. The maximum atomic E-state index is 12.2. The van der Waals surface area contributed by atoms with Crippen LogP contribution in [0.3, 0.4) is 0 Å². The molecule has 0 spiro atoms. The van der Waals surface area contributed by atoms with Crippen molar-refractivity contribution < 1.29 is 14.3 Å². The van der Waals surface area contributed by atoms with Gasteiger partial charge in [-0.2, -0.15) is 0 Å². The molecular formula is C14H25NO3. The predicted octanol–water partition coefficient (Wildman–Crippen LogP) is 1.73. The minimum Gasteiger partial charge on any atom is -0.460 e. The molecule has 0 aliphatic carbocycles. The van der Waals surface area contributed by atoms with E-state index in [1.165, 1.54) is 0 Å². The quantitative estimate of drug-likeness (QED) is 0.763. The summed E-state index contributed by atoms with van der Waals surface area (Å²) in [6, 6.07) is 0. The molecule has 0 bridgehead atoms. The number of esters is 1. The first kappa shape index (κ1) is 13.8. The molecule has 1 N–H and O–H groups in total. The fourth-order valence-corrected chi connectivity index (χ4v) is 2.88. The van der Waals surface area contributed by atoms with Crippen molar-refractivity contribution in [3.8, 4) is 0 Å². The Morgan fingerprint density at radius 2 is 1.89 bits per heavy atom. The molecule has 2 saturated heterocycles. The molecule has 4 nitrogen and oxygen atoms in total. The van der Waals surface area contributed by atoms with Gasteiger partial charge in [0.05, 0.1) is 12.0 Å². The third kappa shape index (κ3) is 3.45. The van der Waals surface area contributed by atoms with Crippen LogP contribution in [0, 0.1) is 11.8 Å². The van der Waals surface area contributed by atoms with Crippen molar-refractivity contribution in [2.45, 2.75) is 51.7 Å². The van der Waals surface area contributed by atoms with Gasteiger partial charge < -0.3 is 14.8 Å². The highest BCUT2D eigenvalue weighted by atomic mass is 16.6. The second-order valence-electron chi connectivity index (χ2n) is 6.35. The molecule has 0 unspecified atom stereocenters. The van der Waals surface area contributed by atoms with Crippen molar-refractivity contribution in [2.75, 3.05) is 19.7 Å². The largest absolute Gasteiger partial charge is 0.460 e. The van der Waals surface area contributed by atoms with Crippen LogP contribution in [0.15, 0.2) is 0 Å². The normalized spacial score (nSPS) is 30.4. The van der Waals surface area contributed by atoms with E-state index >= 15 is 0 Å². The standard InChI is InChI=1S/C14H25NO3/c1-14(2,3)18-13(16)11-6-9-17-12(11)10-4-7-15-8-5-10/h10-12,15H,4-9H2,1-3H3/t11-,12+/m1/s1. The van der Waals surface area contributed by atoms with Gasteiger partial charge in [-0.15, -0.1) is 0 Å². The van der Waals surface area contributed by atoms with Gasteiger partial charge in [-0.1, -0.05) is 0 Å². The van der Waals surface area contributed by atoms with Crippen molar-refractivity contribution in [3.63, 3.8) is 0 Å². The van der Waals surface area contributed by atoms with Crippen LogP contribution in [0.1, 0.15) is 40.0 Å². The second kappa shape index (κ2) is 5.57. The molecule has 0 radical (unpaired) electrons. The zero-order valence-corrected chi connectivity index (χ0v) is 11.7. The first-order valence-electron chi connectivity index (χ1n) is 7.02. The third-order valence-corrected chi connectivity index (χ3v) is 3.69. The van der Waals surface area contributed by atoms with E-state index in [4.69, 9.17) is 9.47 Å². The lowest BCUT2D eigenvalue weighted by atomic mass is 9.84. The van der Waals surface area contributed by atoms with Crippen LogP contribution in [-0.4, -0.2) is 37.4 Å². The van der Waals surface area contributed by atoms with E-state index in [1.807, 2.05) is 20.8 Å². The predicted molar refractivity (Wildman–Crippen MR) is 69.3 cm³/mol. The van der Waals surface area contributed by atoms with E-state index in [0.29, 0.717) is 12.5 Å². The van der Waals surface area contributed by atoms with Crippen LogP contribution < -0.4 is 5.32 Å². The molecule has 2 heterocycles. The van der Waals surface area contributed by atoms with Gasteiger partial charge >= 0.3 is 5.97 Å². The highest BCUT2D eigenvalue weighted by molar-refractivity contribution is 5.74. The lowest BCUT2D eigenvalue weighted by Gasteiger charge is -2.31. The zero-order valence-electron chi connectivity index (χ0n) is 11.7. The number of hydrogen-bond donors (Lipinski definition) is 1. The smallest absolute Gasteiger partial charge is 0.312 e. The van der Waals surface area contributed by atoms with Crippen molar-refractivity contribution in [1.82, 2.24) is 5.32 Å². The Hall–Kier alpha value is -0.610. The number of ether oxygens (including phenoxy) is 2. The van der Waals surface area contributed by atoms with Crippen molar-refractivity contribution in [2.24, 2.45) is 11.8 Å². The molecule has 4 heteroatoms. The maximum Gasteiger partial charge on any atom is 0.312 e. The summed E-state index contributed by atoms with van der Waals surface area (Å²) in [5, 5.41) is 3.35. The number of nitrogens with one attached hydrogen (secondary N) is 1. The average molecular weight is 255 g/mol. The fourth-order valence-electron chi connectivity index (χ4n) is 2.88. The Kier molecular flexibility index (Phi) is 4.28. The summed E-state index contributed by atoms with van der Waals surface area (Å²) in [6.07, 6.45) is 3.08. The highest BCUT2D eigenvalue weighted by Gasteiger charge is 2.41. The van der Waals surface area contributed by atoms with Gasteiger partial charge in [-0.05, 0) is 59.0 Å². The van der Waals surface area contributed by atoms with Crippen LogP contribution in [-0.2, 0) is 14.3 Å². The Labute approximate surface area is 109 Å². The summed E-state index contributed by atoms with van der Waals surface area (Å²) in [4.78, 5) is 12.2. The molecule has 0 aromatic carbocycles. The van der Waals surface area contributed by atoms with Crippen LogP contribution in [0.5, 0.6) is 0 Å². The molecule has 2 rings (SSSR count). The van der Waals surface area contributed by atoms with E-state index in [-0.39, 0.29) is 18.0 Å². The molecule has 104 valence electrons. The Morgan fingerprint density at radius 1 is 1.22 bits per heavy atom. The van der Waals surface area contributed by atoms with Gasteiger partial charge in [0.2, 0.25) is 0 Å². The monoisotopic (exact) mass is 255 g/mol. The van der Waals surface area contributed by atoms with Gasteiger partial charge in [0.25, 0.3) is 0 Å². The summed E-state index contributed by atoms with van der Waals surface area (Å²) in [5.74, 6) is 0.363. The lowest BCUT2D eigenvalue weighted by molar-refractivity contribution is -0.163. The fraction of sp³-hybridized carbons (Fsp3) is 0.929. The number of hydrogen-bond acceptors (Lipinski definition) is 4. The van der Waals surface area contributed by atoms with Crippen LogP contribution in [0.4, 0.5) is 0 Å². The maximum absolute atomic E-state index is 12.2. The third-order valence-electron chi connectivity index (χ3n) is 3.69. The van der Waals surface area contributed by atoms with E-state index in [1.54, 1.807) is 0 Å². The van der Waals surface area contributed by atoms with Crippen molar-refractivity contribution >= 4 is 5.97 Å². The number of carbonyl (C=O) groups is 1. The number of piperidine rings is 1. The van der Waals surface area contributed by atoms with Gasteiger partial charge in [-0.25, -0.2) is 0 Å². The summed E-state index contributed by atoms with van der Waals surface area (Å²) < 4.78 is 11.3. The molecule has 2 fully saturated rings. The van der Waals surface area contributed by atoms with E-state index in [9.17, 15) is 4.79 Å². The molecular weight excluding hydrogens is 230 g/mol. The Balaban J connectivity index is 1.96. The lowest BCUT2D eigenvalue weighted by Crippen LogP contribution is -2.40. The summed E-state index contributed by atoms with van der Waals surface area (Å²) in [7, 11) is 0. The van der Waals surface area contributed by atoms with Gasteiger partial charge in [0, 0.05) is 6.61 Å². The second-order valence-corrected chi connectivity index (χ2v) is 6.35. The molecule has 0 amide bonds. The van der Waals surface area contributed by atoms with Crippen LogP contribution >= 0.6 is 0 Å². The zero-order chi connectivity index (χ0) is 13.2. The molecule has 0 aromatic heterocycles. The summed E-state index contributed by atoms with van der Waals surface area (Å²) in [6.45, 7) is 8.51. The van der Waals surface area contributed by atoms with Crippen molar-refractivity contribution in [1.29, 1.82) is 0 Å². The molecule has 2 atom stereocenters. The van der Waals surface area contributed by atoms with Crippen LogP contribution in [0.2, 0.25) is 0 Å². The van der Waals surface area contributed by atoms with E-state index in [0.717, 1.165) is 32.4 Å². The molecule has 2 aliphatic heterocycles. The van der Waals surface area contributed by atoms with Gasteiger partial charge in [0.1, 0.15) is 5.60 Å². The van der Waals surface area contributed by atoms with Gasteiger partial charge in [-0.3, -0.25) is 4.79 Å². The minimum absolute atomic E-state index is 0.0627. The number of carbonyl (C=O) groups excluding carboxylic acids is 1.